The van der Waals surface area contributed by atoms with E-state index in [0.29, 0.717) is 38.9 Å². The summed E-state index contributed by atoms with van der Waals surface area (Å²) in [5.41, 5.74) is 0.0914. The Balaban J connectivity index is 2.10. The summed E-state index contributed by atoms with van der Waals surface area (Å²) >= 11 is 7.53. The van der Waals surface area contributed by atoms with Gasteiger partial charge in [0, 0.05) is 18.5 Å². The Morgan fingerprint density at radius 1 is 1.27 bits per heavy atom. The predicted octanol–water partition coefficient (Wildman–Crippen LogP) is 2.10. The first kappa shape index (κ1) is 18.7. The summed E-state index contributed by atoms with van der Waals surface area (Å²) in [6, 6.07) is 3.53. The van der Waals surface area contributed by atoms with Crippen molar-refractivity contribution in [1.82, 2.24) is 4.57 Å². The lowest BCUT2D eigenvalue weighted by Crippen LogP contribution is -2.30. The zero-order chi connectivity index (χ0) is 19.1. The maximum atomic E-state index is 12.5. The summed E-state index contributed by atoms with van der Waals surface area (Å²) in [4.78, 5) is 24.8. The molecule has 1 aromatic carbocycles. The van der Waals surface area contributed by atoms with E-state index in [1.165, 1.54) is 22.0 Å². The molecule has 0 radical (unpaired) electrons. The monoisotopic (exact) mass is 393 g/mol. The van der Waals surface area contributed by atoms with Crippen LogP contribution >= 0.6 is 22.9 Å². The van der Waals surface area contributed by atoms with Crippen LogP contribution < -0.4 is 24.2 Å². The van der Waals surface area contributed by atoms with Crippen molar-refractivity contribution in [3.63, 3.8) is 0 Å². The second-order valence-corrected chi connectivity index (χ2v) is 8.57. The van der Waals surface area contributed by atoms with E-state index in [9.17, 15) is 9.59 Å². The Kier molecular flexibility index (Phi) is 4.99. The third-order valence-electron chi connectivity index (χ3n) is 3.97. The fourth-order valence-electron chi connectivity index (χ4n) is 2.40. The number of aromatic nitrogens is 1. The number of thiazole rings is 1. The molecule has 0 bridgehead atoms. The van der Waals surface area contributed by atoms with Crippen LogP contribution in [0, 0.1) is 5.41 Å². The number of fused-ring (bicyclic) bond motifs is 1. The average Bonchev–Trinajstić information content (AvgIpc) is 2.82. The molecule has 3 rings (SSSR count). The molecular formula is C19H20ClNO4S. The van der Waals surface area contributed by atoms with Crippen molar-refractivity contribution in [3.8, 4) is 11.5 Å². The van der Waals surface area contributed by atoms with Crippen LogP contribution in [0.3, 0.4) is 0 Å². The van der Waals surface area contributed by atoms with E-state index in [-0.39, 0.29) is 11.3 Å². The van der Waals surface area contributed by atoms with Crippen molar-refractivity contribution < 1.29 is 14.3 Å². The molecule has 0 atom stereocenters. The van der Waals surface area contributed by atoms with Crippen LogP contribution in [0.25, 0.3) is 12.2 Å². The van der Waals surface area contributed by atoms with Gasteiger partial charge in [-0.25, -0.2) is 0 Å². The molecule has 138 valence electrons. The van der Waals surface area contributed by atoms with Crippen LogP contribution in [0.5, 0.6) is 11.5 Å². The molecule has 2 aromatic rings. The number of carbonyl (C=O) groups is 1. The highest BCUT2D eigenvalue weighted by molar-refractivity contribution is 7.07. The Morgan fingerprint density at radius 3 is 2.65 bits per heavy atom. The molecule has 0 aliphatic carbocycles. The van der Waals surface area contributed by atoms with Crippen molar-refractivity contribution >= 4 is 40.9 Å². The minimum atomic E-state index is -0.493. The number of ketones is 1. The lowest BCUT2D eigenvalue weighted by Gasteiger charge is -2.19. The van der Waals surface area contributed by atoms with Gasteiger partial charge in [0.05, 0.1) is 9.55 Å². The highest BCUT2D eigenvalue weighted by Crippen LogP contribution is 2.38. The highest BCUT2D eigenvalue weighted by atomic mass is 35.5. The Hall–Kier alpha value is -2.05. The van der Waals surface area contributed by atoms with Gasteiger partial charge < -0.3 is 14.0 Å². The smallest absolute Gasteiger partial charge is 0.268 e. The summed E-state index contributed by atoms with van der Waals surface area (Å²) in [6.07, 6.45) is 3.27. The first-order valence-corrected chi connectivity index (χ1v) is 9.39. The zero-order valence-electron chi connectivity index (χ0n) is 15.1. The van der Waals surface area contributed by atoms with Crippen LogP contribution in [0.4, 0.5) is 0 Å². The normalized spacial score (nSPS) is 15.4. The van der Waals surface area contributed by atoms with Crippen molar-refractivity contribution in [1.29, 1.82) is 0 Å². The maximum Gasteiger partial charge on any atom is 0.268 e. The minimum absolute atomic E-state index is 0.0247. The molecule has 7 heteroatoms. The van der Waals surface area contributed by atoms with Gasteiger partial charge in [-0.3, -0.25) is 9.59 Å². The number of halogens is 1. The molecule has 0 saturated carbocycles. The lowest BCUT2D eigenvalue weighted by atomic mass is 9.91. The van der Waals surface area contributed by atoms with Crippen molar-refractivity contribution in [3.05, 3.63) is 42.3 Å². The summed E-state index contributed by atoms with van der Waals surface area (Å²) in [6.45, 7) is 6.47. The quantitative estimate of drug-likeness (QED) is 0.784. The second-order valence-electron chi connectivity index (χ2n) is 7.10. The Morgan fingerprint density at radius 2 is 1.96 bits per heavy atom. The molecule has 26 heavy (non-hydrogen) atoms. The summed E-state index contributed by atoms with van der Waals surface area (Å²) in [5, 5.41) is 0.441. The average molecular weight is 394 g/mol. The predicted molar refractivity (Wildman–Crippen MR) is 104 cm³/mol. The number of Topliss-reactive ketones (excluding diaryl/α,β-unsaturated/α-hetero) is 1. The molecule has 0 fully saturated rings. The van der Waals surface area contributed by atoms with Gasteiger partial charge in [-0.1, -0.05) is 32.4 Å². The Bertz CT molecular complexity index is 1040. The van der Waals surface area contributed by atoms with E-state index >= 15 is 0 Å². The molecule has 2 heterocycles. The molecule has 1 aromatic heterocycles. The van der Waals surface area contributed by atoms with Crippen LogP contribution in [-0.4, -0.2) is 23.6 Å². The fraction of sp³-hybridized carbons (Fsp3) is 0.368. The van der Waals surface area contributed by atoms with E-state index in [1.54, 1.807) is 25.3 Å². The molecular weight excluding hydrogens is 374 g/mol. The standard InChI is InChI=1S/C19H20ClNO4S/c1-19(2,3)15(22)10-16-21(4)18(23)14(26-16)9-11-7-12(20)17-13(8-11)24-5-6-25-17/h7-10H,5-6H2,1-4H3. The molecule has 1 aliphatic rings. The van der Waals surface area contributed by atoms with Gasteiger partial charge in [-0.05, 0) is 23.8 Å². The van der Waals surface area contributed by atoms with Gasteiger partial charge in [0.1, 0.15) is 17.9 Å². The van der Waals surface area contributed by atoms with Crippen LogP contribution in [-0.2, 0) is 11.8 Å². The number of hydrogen-bond donors (Lipinski definition) is 0. The molecule has 1 aliphatic heterocycles. The van der Waals surface area contributed by atoms with E-state index < -0.39 is 5.41 Å². The largest absolute Gasteiger partial charge is 0.486 e. The molecule has 0 spiro atoms. The minimum Gasteiger partial charge on any atom is -0.486 e. The van der Waals surface area contributed by atoms with Gasteiger partial charge in [0.2, 0.25) is 0 Å². The van der Waals surface area contributed by atoms with Crippen LogP contribution in [0.15, 0.2) is 16.9 Å². The number of benzene rings is 1. The summed E-state index contributed by atoms with van der Waals surface area (Å²) in [5.74, 6) is 1.07. The number of carbonyl (C=O) groups excluding carboxylic acids is 1. The third-order valence-corrected chi connectivity index (χ3v) is 5.37. The number of rotatable bonds is 2. The van der Waals surface area contributed by atoms with Gasteiger partial charge >= 0.3 is 0 Å². The van der Waals surface area contributed by atoms with Gasteiger partial charge in [0.25, 0.3) is 5.56 Å². The fourth-order valence-corrected chi connectivity index (χ4v) is 3.71. The van der Waals surface area contributed by atoms with Crippen molar-refractivity contribution in [2.24, 2.45) is 12.5 Å². The van der Waals surface area contributed by atoms with E-state index in [2.05, 4.69) is 0 Å². The van der Waals surface area contributed by atoms with E-state index in [0.717, 1.165) is 5.56 Å². The van der Waals surface area contributed by atoms with Gasteiger partial charge in [0.15, 0.2) is 17.3 Å². The van der Waals surface area contributed by atoms with E-state index in [1.807, 2.05) is 20.8 Å². The van der Waals surface area contributed by atoms with Crippen LogP contribution in [0.1, 0.15) is 26.3 Å². The number of hydrogen-bond acceptors (Lipinski definition) is 5. The molecule has 0 N–H and O–H groups in total. The number of nitrogens with zero attached hydrogens (tertiary/aromatic N) is 1. The van der Waals surface area contributed by atoms with Gasteiger partial charge in [-0.2, -0.15) is 0 Å². The summed E-state index contributed by atoms with van der Waals surface area (Å²) < 4.78 is 13.7. The van der Waals surface area contributed by atoms with E-state index in [4.69, 9.17) is 21.1 Å². The molecule has 0 saturated heterocycles. The molecule has 0 amide bonds. The zero-order valence-corrected chi connectivity index (χ0v) is 16.7. The second kappa shape index (κ2) is 6.93. The molecule has 0 unspecified atom stereocenters. The topological polar surface area (TPSA) is 57.5 Å². The van der Waals surface area contributed by atoms with Crippen molar-refractivity contribution in [2.45, 2.75) is 20.8 Å². The first-order valence-electron chi connectivity index (χ1n) is 8.19. The third kappa shape index (κ3) is 3.71. The lowest BCUT2D eigenvalue weighted by molar-refractivity contribution is -0.120. The van der Waals surface area contributed by atoms with Crippen LogP contribution in [0.2, 0.25) is 5.02 Å². The molecule has 5 nitrogen and oxygen atoms in total. The number of ether oxygens (including phenoxy) is 2. The van der Waals surface area contributed by atoms with Gasteiger partial charge in [-0.15, -0.1) is 11.3 Å². The maximum absolute atomic E-state index is 12.5. The highest BCUT2D eigenvalue weighted by Gasteiger charge is 2.19. The Labute approximate surface area is 160 Å². The first-order chi connectivity index (χ1) is 12.2. The van der Waals surface area contributed by atoms with Crippen molar-refractivity contribution in [2.75, 3.05) is 13.2 Å². The summed E-state index contributed by atoms with van der Waals surface area (Å²) in [7, 11) is 1.66. The SMILES string of the molecule is Cn1c(=CC(=O)C(C)(C)C)sc(=Cc2cc(Cl)c3c(c2)OCCO3)c1=O.